The van der Waals surface area contributed by atoms with Crippen LogP contribution in [-0.4, -0.2) is 43.8 Å². The molecule has 0 aliphatic carbocycles. The highest BCUT2D eigenvalue weighted by Crippen LogP contribution is 2.21. The monoisotopic (exact) mass is 377 g/mol. The number of rotatable bonds is 5. The van der Waals surface area contributed by atoms with Gasteiger partial charge in [0.2, 0.25) is 0 Å². The molecule has 2 aromatic carbocycles. The third-order valence-corrected chi connectivity index (χ3v) is 6.23. The van der Waals surface area contributed by atoms with Crippen molar-refractivity contribution in [3.63, 3.8) is 0 Å². The fraction of sp³-hybridized carbons (Fsp3) is 0.316. The highest BCUT2D eigenvalue weighted by Gasteiger charge is 2.33. The van der Waals surface area contributed by atoms with E-state index in [9.17, 15) is 17.6 Å². The molecule has 5 nitrogen and oxygen atoms in total. The molecule has 1 aliphatic heterocycles. The second-order valence-corrected chi connectivity index (χ2v) is 8.64. The van der Waals surface area contributed by atoms with Crippen molar-refractivity contribution in [2.75, 3.05) is 18.6 Å². The second-order valence-electron chi connectivity index (χ2n) is 6.42. The van der Waals surface area contributed by atoms with Crippen LogP contribution in [-0.2, 0) is 16.4 Å². The molecule has 0 aromatic heterocycles. The number of ether oxygens (including phenoxy) is 1. The topological polar surface area (TPSA) is 63.7 Å². The Morgan fingerprint density at radius 1 is 1.23 bits per heavy atom. The number of benzene rings is 2. The minimum atomic E-state index is -3.05. The van der Waals surface area contributed by atoms with Crippen molar-refractivity contribution >= 4 is 15.7 Å². The quantitative estimate of drug-likeness (QED) is 0.804. The summed E-state index contributed by atoms with van der Waals surface area (Å²) in [6, 6.07) is 12.5. The number of amides is 1. The highest BCUT2D eigenvalue weighted by atomic mass is 32.2. The fourth-order valence-electron chi connectivity index (χ4n) is 2.92. The van der Waals surface area contributed by atoms with Crippen molar-refractivity contribution < 1.29 is 22.3 Å². The van der Waals surface area contributed by atoms with Gasteiger partial charge < -0.3 is 9.64 Å². The van der Waals surface area contributed by atoms with E-state index in [1.165, 1.54) is 17.0 Å². The molecule has 2 aromatic rings. The Balaban J connectivity index is 1.66. The van der Waals surface area contributed by atoms with Gasteiger partial charge in [0.25, 0.3) is 5.91 Å². The van der Waals surface area contributed by atoms with Crippen LogP contribution in [0.3, 0.4) is 0 Å². The van der Waals surface area contributed by atoms with E-state index in [-0.39, 0.29) is 35.9 Å². The van der Waals surface area contributed by atoms with Crippen molar-refractivity contribution in [3.8, 4) is 5.75 Å². The molecule has 1 atom stereocenters. The van der Waals surface area contributed by atoms with Gasteiger partial charge in [-0.3, -0.25) is 4.79 Å². The molecule has 1 aliphatic rings. The van der Waals surface area contributed by atoms with Gasteiger partial charge in [-0.2, -0.15) is 0 Å². The summed E-state index contributed by atoms with van der Waals surface area (Å²) in [5, 5.41) is 0. The fourth-order valence-corrected chi connectivity index (χ4v) is 4.69. The zero-order valence-corrected chi connectivity index (χ0v) is 15.2. The lowest BCUT2D eigenvalue weighted by molar-refractivity contribution is 0.0747. The lowest BCUT2D eigenvalue weighted by Crippen LogP contribution is -2.37. The normalized spacial score (nSPS) is 18.5. The average Bonchev–Trinajstić information content (AvgIpc) is 3.00. The van der Waals surface area contributed by atoms with Crippen LogP contribution in [0.4, 0.5) is 4.39 Å². The molecule has 0 bridgehead atoms. The van der Waals surface area contributed by atoms with E-state index in [0.717, 1.165) is 5.56 Å². The zero-order valence-electron chi connectivity index (χ0n) is 14.4. The minimum Gasteiger partial charge on any atom is -0.489 e. The van der Waals surface area contributed by atoms with Gasteiger partial charge in [-0.1, -0.05) is 18.2 Å². The van der Waals surface area contributed by atoms with Gasteiger partial charge >= 0.3 is 0 Å². The molecule has 3 rings (SSSR count). The molecule has 1 fully saturated rings. The molecule has 0 spiro atoms. The summed E-state index contributed by atoms with van der Waals surface area (Å²) < 4.78 is 41.8. The number of hydrogen-bond donors (Lipinski definition) is 0. The maximum Gasteiger partial charge on any atom is 0.254 e. The third kappa shape index (κ3) is 4.40. The van der Waals surface area contributed by atoms with Crippen molar-refractivity contribution in [2.24, 2.45) is 0 Å². The molecule has 1 heterocycles. The van der Waals surface area contributed by atoms with Crippen LogP contribution in [0.5, 0.6) is 5.75 Å². The predicted molar refractivity (Wildman–Crippen MR) is 96.3 cm³/mol. The van der Waals surface area contributed by atoms with E-state index < -0.39 is 9.84 Å². The molecule has 0 N–H and O–H groups in total. The van der Waals surface area contributed by atoms with Gasteiger partial charge in [0.05, 0.1) is 11.5 Å². The lowest BCUT2D eigenvalue weighted by atomic mass is 10.1. The van der Waals surface area contributed by atoms with Crippen LogP contribution < -0.4 is 4.74 Å². The minimum absolute atomic E-state index is 0.00992. The van der Waals surface area contributed by atoms with E-state index in [1.807, 2.05) is 0 Å². The molecule has 0 saturated carbocycles. The molecule has 1 unspecified atom stereocenters. The summed E-state index contributed by atoms with van der Waals surface area (Å²) in [4.78, 5) is 14.1. The Morgan fingerprint density at radius 2 is 1.96 bits per heavy atom. The van der Waals surface area contributed by atoms with Crippen LogP contribution in [0.1, 0.15) is 22.3 Å². The van der Waals surface area contributed by atoms with Crippen molar-refractivity contribution in [3.05, 3.63) is 65.5 Å². The van der Waals surface area contributed by atoms with Crippen LogP contribution in [0, 0.1) is 5.82 Å². The second kappa shape index (κ2) is 7.45. The molecular formula is C19H20FNO4S. The molecule has 138 valence electrons. The first kappa shape index (κ1) is 18.4. The lowest BCUT2D eigenvalue weighted by Gasteiger charge is -2.23. The predicted octanol–water partition coefficient (Wildman–Crippen LogP) is 2.66. The first-order valence-corrected chi connectivity index (χ1v) is 10.1. The molecule has 1 saturated heterocycles. The summed E-state index contributed by atoms with van der Waals surface area (Å²) >= 11 is 0. The standard InChI is InChI=1S/C19H20FNO4S/c1-21(17-9-10-26(23,24)13-17)19(22)15-3-2-4-18(11-15)25-12-14-5-7-16(20)8-6-14/h2-8,11,17H,9-10,12-13H2,1H3. The Bertz CT molecular complexity index is 896. The molecule has 26 heavy (non-hydrogen) atoms. The summed E-state index contributed by atoms with van der Waals surface area (Å²) in [6.07, 6.45) is 0.464. The number of nitrogens with zero attached hydrogens (tertiary/aromatic N) is 1. The Labute approximate surface area is 152 Å². The van der Waals surface area contributed by atoms with E-state index in [0.29, 0.717) is 17.7 Å². The molecule has 1 amide bonds. The van der Waals surface area contributed by atoms with Crippen molar-refractivity contribution in [1.82, 2.24) is 4.90 Å². The largest absolute Gasteiger partial charge is 0.489 e. The maximum absolute atomic E-state index is 12.9. The molecule has 0 radical (unpaired) electrons. The van der Waals surface area contributed by atoms with Crippen LogP contribution >= 0.6 is 0 Å². The summed E-state index contributed by atoms with van der Waals surface area (Å²) in [7, 11) is -1.43. The van der Waals surface area contributed by atoms with E-state index in [4.69, 9.17) is 4.74 Å². The number of halogens is 1. The van der Waals surface area contributed by atoms with Gasteiger partial charge in [0.15, 0.2) is 9.84 Å². The third-order valence-electron chi connectivity index (χ3n) is 4.48. The van der Waals surface area contributed by atoms with E-state index in [2.05, 4.69) is 0 Å². The molecular weight excluding hydrogens is 357 g/mol. The zero-order chi connectivity index (χ0) is 18.7. The van der Waals surface area contributed by atoms with Gasteiger partial charge in [-0.25, -0.2) is 12.8 Å². The van der Waals surface area contributed by atoms with Crippen molar-refractivity contribution in [1.29, 1.82) is 0 Å². The first-order valence-electron chi connectivity index (χ1n) is 8.29. The van der Waals surface area contributed by atoms with Gasteiger partial charge in [0.1, 0.15) is 18.2 Å². The number of hydrogen-bond acceptors (Lipinski definition) is 4. The number of sulfone groups is 1. The van der Waals surface area contributed by atoms with E-state index >= 15 is 0 Å². The summed E-state index contributed by atoms with van der Waals surface area (Å²) in [6.45, 7) is 0.259. The number of carbonyl (C=O) groups is 1. The van der Waals surface area contributed by atoms with Crippen LogP contribution in [0.25, 0.3) is 0 Å². The summed E-state index contributed by atoms with van der Waals surface area (Å²) in [5.74, 6) is 0.108. The van der Waals surface area contributed by atoms with Crippen LogP contribution in [0.15, 0.2) is 48.5 Å². The van der Waals surface area contributed by atoms with Gasteiger partial charge in [-0.15, -0.1) is 0 Å². The van der Waals surface area contributed by atoms with Crippen LogP contribution in [0.2, 0.25) is 0 Å². The smallest absolute Gasteiger partial charge is 0.254 e. The molecule has 7 heteroatoms. The Hall–Kier alpha value is -2.41. The van der Waals surface area contributed by atoms with Crippen molar-refractivity contribution in [2.45, 2.75) is 19.1 Å². The summed E-state index contributed by atoms with van der Waals surface area (Å²) in [5.41, 5.74) is 1.25. The number of carbonyl (C=O) groups excluding carboxylic acids is 1. The average molecular weight is 377 g/mol. The SMILES string of the molecule is CN(C(=O)c1cccc(OCc2ccc(F)cc2)c1)C1CCS(=O)(=O)C1. The van der Waals surface area contributed by atoms with Gasteiger partial charge in [-0.05, 0) is 42.3 Å². The Kier molecular flexibility index (Phi) is 5.27. The highest BCUT2D eigenvalue weighted by molar-refractivity contribution is 7.91. The van der Waals surface area contributed by atoms with E-state index in [1.54, 1.807) is 43.4 Å². The first-order chi connectivity index (χ1) is 12.3. The Morgan fingerprint density at radius 3 is 2.62 bits per heavy atom. The maximum atomic E-state index is 12.9. The van der Waals surface area contributed by atoms with Gasteiger partial charge in [0, 0.05) is 18.7 Å².